The second kappa shape index (κ2) is 10.3. The molecule has 4 aliphatic heterocycles. The number of aliphatic imine (C=N–C) groups is 1. The largest absolute Gasteiger partial charge is 0.472 e. The smallest absolute Gasteiger partial charge is 0.408 e. The Bertz CT molecular complexity index is 1650. The van der Waals surface area contributed by atoms with Gasteiger partial charge in [0.25, 0.3) is 11.8 Å². The molecule has 4 fully saturated rings. The fourth-order valence-corrected chi connectivity index (χ4v) is 8.94. The molecule has 5 amide bonds. The summed E-state index contributed by atoms with van der Waals surface area (Å²) in [7, 11) is 0. The lowest BCUT2D eigenvalue weighted by molar-refractivity contribution is -0.138. The lowest BCUT2D eigenvalue weighted by atomic mass is 9.66. The number of rotatable bonds is 4. The average Bonchev–Trinajstić information content (AvgIpc) is 3.69. The van der Waals surface area contributed by atoms with Crippen LogP contribution in [0.4, 0.5) is 15.0 Å². The van der Waals surface area contributed by atoms with Crippen molar-refractivity contribution in [2.45, 2.75) is 102 Å². The summed E-state index contributed by atoms with van der Waals surface area (Å²) >= 11 is 0. The highest BCUT2D eigenvalue weighted by atomic mass is 19.1. The van der Waals surface area contributed by atoms with Crippen LogP contribution in [-0.4, -0.2) is 104 Å². The molecule has 1 aromatic rings. The van der Waals surface area contributed by atoms with Crippen molar-refractivity contribution in [3.8, 4) is 5.75 Å². The normalized spacial score (nSPS) is 35.1. The van der Waals surface area contributed by atoms with E-state index in [2.05, 4.69) is 15.6 Å². The molecular formula is C33H42FN7O7. The number of anilines is 1. The minimum Gasteiger partial charge on any atom is -0.472 e. The summed E-state index contributed by atoms with van der Waals surface area (Å²) in [5.74, 6) is -2.69. The van der Waals surface area contributed by atoms with E-state index in [1.807, 2.05) is 20.8 Å². The molecule has 5 heterocycles. The summed E-state index contributed by atoms with van der Waals surface area (Å²) in [5.41, 5.74) is 1.60. The lowest BCUT2D eigenvalue weighted by Gasteiger charge is -2.50. The number of alkyl carbamates (subject to hydrolysis) is 1. The second-order valence-corrected chi connectivity index (χ2v) is 16.1. The van der Waals surface area contributed by atoms with Crippen LogP contribution in [0, 0.1) is 23.2 Å². The van der Waals surface area contributed by atoms with E-state index >= 15 is 4.39 Å². The molecule has 4 N–H and O–H groups in total. The zero-order valence-electron chi connectivity index (χ0n) is 27.9. The van der Waals surface area contributed by atoms with E-state index in [4.69, 9.17) is 20.2 Å². The average molecular weight is 668 g/mol. The summed E-state index contributed by atoms with van der Waals surface area (Å²) in [4.78, 5) is 79.8. The number of ether oxygens (including phenoxy) is 2. The number of primary amides is 1. The number of fused-ring (bicyclic) bond motifs is 4. The van der Waals surface area contributed by atoms with Gasteiger partial charge in [0.2, 0.25) is 17.4 Å². The highest BCUT2D eigenvalue weighted by Gasteiger charge is 2.76. The van der Waals surface area contributed by atoms with Crippen LogP contribution >= 0.6 is 0 Å². The van der Waals surface area contributed by atoms with Gasteiger partial charge in [-0.25, -0.2) is 14.2 Å². The number of halogens is 1. The van der Waals surface area contributed by atoms with Crippen LogP contribution in [0.1, 0.15) is 60.8 Å². The Hall–Kier alpha value is -4.30. The Labute approximate surface area is 277 Å². The standard InChI is InChI=1S/C33H42FN7O7/c1-30(2,3)22(37-29(46)48-31(4,5)6)27(44)40-13-17-15-10-16(18(34)11-15)33(17)23(40)21(39-33)26(43)41-14-32(12-19(41)24(35)42)28(45)38-25-20(47-32)8-7-9-36-25/h7-9,15-19,22-23H,10-14H2,1-6H3,(H2,35,42)(H,37,46)(H,36,38,45)/t15-,16+,17+,18+,19-,22+,23+,32+,33+/m0/s1. The Morgan fingerprint density at radius 3 is 2.54 bits per heavy atom. The first kappa shape index (κ1) is 32.3. The summed E-state index contributed by atoms with van der Waals surface area (Å²) in [6, 6.07) is 0.105. The number of hydrogen-bond acceptors (Lipinski definition) is 9. The zero-order valence-corrected chi connectivity index (χ0v) is 27.9. The third-order valence-corrected chi connectivity index (χ3v) is 10.9. The molecule has 0 unspecified atom stereocenters. The maximum Gasteiger partial charge on any atom is 0.408 e. The number of pyridine rings is 1. The molecule has 0 aromatic carbocycles. The number of carbonyl (C=O) groups excluding carboxylic acids is 5. The van der Waals surface area contributed by atoms with E-state index < -0.39 is 82.1 Å². The topological polar surface area (TPSA) is 186 Å². The van der Waals surface area contributed by atoms with Gasteiger partial charge in [0.15, 0.2) is 11.6 Å². The monoisotopic (exact) mass is 667 g/mol. The number of nitrogens with one attached hydrogen (secondary N) is 2. The minimum atomic E-state index is -1.62. The molecule has 2 bridgehead atoms. The van der Waals surface area contributed by atoms with Crippen molar-refractivity contribution in [2.24, 2.45) is 33.9 Å². The van der Waals surface area contributed by atoms with Gasteiger partial charge in [-0.05, 0) is 57.1 Å². The second-order valence-electron chi connectivity index (χ2n) is 16.1. The molecule has 6 aliphatic rings. The van der Waals surface area contributed by atoms with Gasteiger partial charge in [0.05, 0.1) is 12.1 Å². The quantitative estimate of drug-likeness (QED) is 0.432. The molecule has 2 saturated heterocycles. The predicted octanol–water partition coefficient (Wildman–Crippen LogP) is 1.58. The van der Waals surface area contributed by atoms with Gasteiger partial charge in [0, 0.05) is 31.0 Å². The molecule has 258 valence electrons. The molecule has 0 radical (unpaired) electrons. The van der Waals surface area contributed by atoms with E-state index in [9.17, 15) is 24.0 Å². The summed E-state index contributed by atoms with van der Waals surface area (Å²) in [5, 5.41) is 5.45. The van der Waals surface area contributed by atoms with Crippen LogP contribution in [-0.2, 0) is 23.9 Å². The maximum absolute atomic E-state index is 15.4. The van der Waals surface area contributed by atoms with Crippen molar-refractivity contribution < 1.29 is 37.8 Å². The van der Waals surface area contributed by atoms with Crippen molar-refractivity contribution in [2.75, 3.05) is 18.4 Å². The van der Waals surface area contributed by atoms with Gasteiger partial charge < -0.3 is 35.6 Å². The highest BCUT2D eigenvalue weighted by Crippen LogP contribution is 2.66. The highest BCUT2D eigenvalue weighted by molar-refractivity contribution is 6.44. The molecule has 9 atom stereocenters. The SMILES string of the molecule is CC(C)(C)OC(=O)N[C@H](C(=O)N1C[C@@H]2[C@@H]3C[C@@H](F)[C@@H](C3)[C@@]23N=C(C(=O)N2C[C@@]4(C[C@H]2C(N)=O)Oc2cccnc2NC4=O)[C@@H]13)C(C)(C)C. The number of nitrogens with two attached hydrogens (primary N) is 1. The van der Waals surface area contributed by atoms with E-state index in [-0.39, 0.29) is 48.6 Å². The van der Waals surface area contributed by atoms with Crippen molar-refractivity contribution in [1.29, 1.82) is 0 Å². The Morgan fingerprint density at radius 2 is 1.88 bits per heavy atom. The number of alkyl halides is 1. The van der Waals surface area contributed by atoms with Crippen LogP contribution in [0.3, 0.4) is 0 Å². The van der Waals surface area contributed by atoms with Crippen molar-refractivity contribution in [3.63, 3.8) is 0 Å². The molecule has 2 spiro atoms. The number of nitrogens with zero attached hydrogens (tertiary/aromatic N) is 4. The van der Waals surface area contributed by atoms with Crippen molar-refractivity contribution in [1.82, 2.24) is 20.1 Å². The lowest BCUT2D eigenvalue weighted by Crippen LogP contribution is -2.69. The summed E-state index contributed by atoms with van der Waals surface area (Å²) in [6.45, 7) is 10.5. The molecular weight excluding hydrogens is 625 g/mol. The van der Waals surface area contributed by atoms with E-state index in [1.54, 1.807) is 37.8 Å². The first-order valence-electron chi connectivity index (χ1n) is 16.5. The molecule has 2 aliphatic carbocycles. The maximum atomic E-state index is 15.4. The number of aromatic nitrogens is 1. The van der Waals surface area contributed by atoms with Crippen LogP contribution in [0.25, 0.3) is 0 Å². The van der Waals surface area contributed by atoms with Crippen molar-refractivity contribution in [3.05, 3.63) is 18.3 Å². The van der Waals surface area contributed by atoms with Crippen LogP contribution in [0.2, 0.25) is 0 Å². The third kappa shape index (κ3) is 4.66. The molecule has 1 aromatic heterocycles. The fraction of sp³-hybridized carbons (Fsp3) is 0.667. The molecule has 48 heavy (non-hydrogen) atoms. The van der Waals surface area contributed by atoms with Gasteiger partial charge in [-0.3, -0.25) is 24.2 Å². The molecule has 14 nitrogen and oxygen atoms in total. The van der Waals surface area contributed by atoms with Crippen LogP contribution < -0.4 is 21.1 Å². The van der Waals surface area contributed by atoms with Gasteiger partial charge in [-0.15, -0.1) is 0 Å². The fourth-order valence-electron chi connectivity index (χ4n) is 8.94. The van der Waals surface area contributed by atoms with Crippen LogP contribution in [0.15, 0.2) is 23.3 Å². The van der Waals surface area contributed by atoms with Gasteiger partial charge in [-0.2, -0.15) is 0 Å². The summed E-state index contributed by atoms with van der Waals surface area (Å²) in [6.07, 6.45) is 0.364. The number of likely N-dealkylation sites (tertiary alicyclic amines) is 2. The molecule has 7 rings (SSSR count). The van der Waals surface area contributed by atoms with Gasteiger partial charge >= 0.3 is 6.09 Å². The van der Waals surface area contributed by atoms with E-state index in [0.717, 1.165) is 0 Å². The first-order chi connectivity index (χ1) is 22.4. The Morgan fingerprint density at radius 1 is 1.15 bits per heavy atom. The number of hydrogen-bond donors (Lipinski definition) is 3. The van der Waals surface area contributed by atoms with E-state index in [0.29, 0.717) is 12.8 Å². The Kier molecular flexibility index (Phi) is 6.96. The van der Waals surface area contributed by atoms with Gasteiger partial charge in [-0.1, -0.05) is 20.8 Å². The number of amides is 5. The first-order valence-corrected chi connectivity index (χ1v) is 16.5. The van der Waals surface area contributed by atoms with E-state index in [1.165, 1.54) is 11.1 Å². The third-order valence-electron chi connectivity index (χ3n) is 10.9. The zero-order chi connectivity index (χ0) is 34.7. The summed E-state index contributed by atoms with van der Waals surface area (Å²) < 4.78 is 27.0. The molecule has 2 saturated carbocycles. The van der Waals surface area contributed by atoms with Crippen LogP contribution in [0.5, 0.6) is 5.75 Å². The predicted molar refractivity (Wildman–Crippen MR) is 168 cm³/mol. The van der Waals surface area contributed by atoms with Crippen molar-refractivity contribution >= 4 is 41.3 Å². The number of carbonyl (C=O) groups is 5. The molecule has 15 heteroatoms. The Balaban J connectivity index is 1.22. The minimum absolute atomic E-state index is 0.00267. The van der Waals surface area contributed by atoms with Gasteiger partial charge in [0.1, 0.15) is 35.6 Å².